The lowest BCUT2D eigenvalue weighted by atomic mass is 9.84. The number of carbonyl (C=O) groups excluding carboxylic acids is 1. The van der Waals surface area contributed by atoms with E-state index in [-0.39, 0.29) is 5.97 Å². The first kappa shape index (κ1) is 23.0. The van der Waals surface area contributed by atoms with E-state index in [1.165, 1.54) is 0 Å². The van der Waals surface area contributed by atoms with E-state index in [2.05, 4.69) is 0 Å². The van der Waals surface area contributed by atoms with Crippen molar-refractivity contribution >= 4 is 14.8 Å². The SMILES string of the molecule is CCO[Si](CCC1CCC(O)C(OC(=O)c2ccccc2)C1)(OCC)OCC. The fraction of sp³-hybridized carbons (Fsp3) is 0.667. The first-order chi connectivity index (χ1) is 13.5. The highest BCUT2D eigenvalue weighted by Gasteiger charge is 2.42. The average Bonchev–Trinajstić information content (AvgIpc) is 2.70. The molecule has 1 fully saturated rings. The molecule has 0 aromatic heterocycles. The monoisotopic (exact) mass is 410 g/mol. The summed E-state index contributed by atoms with van der Waals surface area (Å²) in [6, 6.07) is 9.64. The molecule has 0 spiro atoms. The van der Waals surface area contributed by atoms with Gasteiger partial charge in [-0.25, -0.2) is 4.79 Å². The summed E-state index contributed by atoms with van der Waals surface area (Å²) in [4.78, 5) is 12.4. The molecule has 1 aliphatic rings. The van der Waals surface area contributed by atoms with Crippen LogP contribution < -0.4 is 0 Å². The second-order valence-electron chi connectivity index (χ2n) is 7.08. The molecule has 2 rings (SSSR count). The van der Waals surface area contributed by atoms with Crippen molar-refractivity contribution in [2.45, 2.75) is 64.7 Å². The van der Waals surface area contributed by atoms with Crippen LogP contribution in [0.5, 0.6) is 0 Å². The highest BCUT2D eigenvalue weighted by Crippen LogP contribution is 2.33. The van der Waals surface area contributed by atoms with Gasteiger partial charge in [0.15, 0.2) is 0 Å². The van der Waals surface area contributed by atoms with E-state index in [0.717, 1.165) is 18.9 Å². The van der Waals surface area contributed by atoms with Crippen molar-refractivity contribution in [2.24, 2.45) is 5.92 Å². The van der Waals surface area contributed by atoms with Gasteiger partial charge in [-0.2, -0.15) is 0 Å². The van der Waals surface area contributed by atoms with Crippen LogP contribution in [0.3, 0.4) is 0 Å². The number of esters is 1. The Morgan fingerprint density at radius 1 is 1.04 bits per heavy atom. The second-order valence-corrected chi connectivity index (χ2v) is 9.81. The summed E-state index contributed by atoms with van der Waals surface area (Å²) in [5.74, 6) is -0.0443. The zero-order valence-electron chi connectivity index (χ0n) is 17.3. The summed E-state index contributed by atoms with van der Waals surface area (Å²) >= 11 is 0. The summed E-state index contributed by atoms with van der Waals surface area (Å²) in [5.41, 5.74) is 0.507. The molecule has 0 saturated heterocycles. The standard InChI is InChI=1S/C21H34O6Si/c1-4-24-28(25-5-2,26-6-3)15-14-17-12-13-19(22)20(16-17)27-21(23)18-10-8-7-9-11-18/h7-11,17,19-20,22H,4-6,12-16H2,1-3H3. The van der Waals surface area contributed by atoms with Gasteiger partial charge in [0.2, 0.25) is 0 Å². The Balaban J connectivity index is 1.94. The maximum Gasteiger partial charge on any atom is 0.500 e. The van der Waals surface area contributed by atoms with E-state index in [9.17, 15) is 9.90 Å². The van der Waals surface area contributed by atoms with Crippen molar-refractivity contribution in [3.05, 3.63) is 35.9 Å². The van der Waals surface area contributed by atoms with E-state index in [1.54, 1.807) is 24.3 Å². The molecule has 3 atom stereocenters. The first-order valence-electron chi connectivity index (χ1n) is 10.4. The molecular weight excluding hydrogens is 376 g/mol. The van der Waals surface area contributed by atoms with Crippen LogP contribution >= 0.6 is 0 Å². The molecule has 6 nitrogen and oxygen atoms in total. The van der Waals surface area contributed by atoms with Gasteiger partial charge in [0.05, 0.1) is 11.7 Å². The maximum atomic E-state index is 12.4. The Kier molecular flexibility index (Phi) is 9.60. The van der Waals surface area contributed by atoms with Crippen LogP contribution in [0, 0.1) is 5.92 Å². The number of aliphatic hydroxyl groups excluding tert-OH is 1. The predicted molar refractivity (Wildman–Crippen MR) is 109 cm³/mol. The Bertz CT molecular complexity index is 564. The largest absolute Gasteiger partial charge is 0.500 e. The smallest absolute Gasteiger partial charge is 0.456 e. The van der Waals surface area contributed by atoms with Crippen molar-refractivity contribution in [1.29, 1.82) is 0 Å². The van der Waals surface area contributed by atoms with E-state index < -0.39 is 21.0 Å². The molecule has 1 aromatic rings. The van der Waals surface area contributed by atoms with Crippen molar-refractivity contribution in [2.75, 3.05) is 19.8 Å². The van der Waals surface area contributed by atoms with Crippen LogP contribution in [-0.2, 0) is 18.0 Å². The van der Waals surface area contributed by atoms with Gasteiger partial charge in [0, 0.05) is 25.9 Å². The number of benzene rings is 1. The van der Waals surface area contributed by atoms with Gasteiger partial charge in [0.1, 0.15) is 6.10 Å². The lowest BCUT2D eigenvalue weighted by Gasteiger charge is -2.35. The molecule has 0 amide bonds. The highest BCUT2D eigenvalue weighted by atomic mass is 28.4. The lowest BCUT2D eigenvalue weighted by Crippen LogP contribution is -2.46. The summed E-state index contributed by atoms with van der Waals surface area (Å²) in [6.07, 6.45) is 1.96. The minimum Gasteiger partial charge on any atom is -0.456 e. The summed E-state index contributed by atoms with van der Waals surface area (Å²) in [7, 11) is -2.67. The molecule has 158 valence electrons. The first-order valence-corrected chi connectivity index (χ1v) is 12.3. The molecular formula is C21H34O6Si. The van der Waals surface area contributed by atoms with Crippen molar-refractivity contribution < 1.29 is 27.9 Å². The van der Waals surface area contributed by atoms with Crippen LogP contribution in [0.2, 0.25) is 6.04 Å². The Morgan fingerprint density at radius 2 is 1.64 bits per heavy atom. The Labute approximate surface area is 169 Å². The van der Waals surface area contributed by atoms with Crippen LogP contribution in [0.25, 0.3) is 0 Å². The third-order valence-corrected chi connectivity index (χ3v) is 8.17. The Hall–Kier alpha value is -1.25. The lowest BCUT2D eigenvalue weighted by molar-refractivity contribution is -0.0484. The molecule has 0 bridgehead atoms. The van der Waals surface area contributed by atoms with Crippen LogP contribution in [0.4, 0.5) is 0 Å². The molecule has 3 unspecified atom stereocenters. The van der Waals surface area contributed by atoms with Gasteiger partial charge in [-0.05, 0) is 64.5 Å². The summed E-state index contributed by atoms with van der Waals surface area (Å²) in [6.45, 7) is 7.55. The van der Waals surface area contributed by atoms with Crippen LogP contribution in [0.15, 0.2) is 30.3 Å². The fourth-order valence-electron chi connectivity index (χ4n) is 3.75. The molecule has 1 aliphatic carbocycles. The minimum absolute atomic E-state index is 0.338. The van der Waals surface area contributed by atoms with E-state index >= 15 is 0 Å². The second kappa shape index (κ2) is 11.7. The molecule has 7 heteroatoms. The minimum atomic E-state index is -2.67. The number of hydrogen-bond acceptors (Lipinski definition) is 6. The number of ether oxygens (including phenoxy) is 1. The molecule has 28 heavy (non-hydrogen) atoms. The van der Waals surface area contributed by atoms with E-state index in [4.69, 9.17) is 18.0 Å². The molecule has 1 N–H and O–H groups in total. The molecule has 0 aliphatic heterocycles. The number of aliphatic hydroxyl groups is 1. The number of carbonyl (C=O) groups is 1. The zero-order valence-corrected chi connectivity index (χ0v) is 18.3. The fourth-order valence-corrected chi connectivity index (χ4v) is 6.51. The van der Waals surface area contributed by atoms with Crippen molar-refractivity contribution in [3.63, 3.8) is 0 Å². The maximum absolute atomic E-state index is 12.4. The molecule has 1 aromatic carbocycles. The van der Waals surface area contributed by atoms with Crippen LogP contribution in [0.1, 0.15) is 56.8 Å². The zero-order chi connectivity index (χ0) is 20.4. The van der Waals surface area contributed by atoms with Gasteiger partial charge in [0.25, 0.3) is 0 Å². The topological polar surface area (TPSA) is 74.2 Å². The third kappa shape index (κ3) is 6.67. The quantitative estimate of drug-likeness (QED) is 0.442. The van der Waals surface area contributed by atoms with E-state index in [1.807, 2.05) is 26.8 Å². The molecule has 0 heterocycles. The van der Waals surface area contributed by atoms with Gasteiger partial charge in [-0.1, -0.05) is 18.2 Å². The Morgan fingerprint density at radius 3 is 2.21 bits per heavy atom. The van der Waals surface area contributed by atoms with Gasteiger partial charge < -0.3 is 23.1 Å². The summed E-state index contributed by atoms with van der Waals surface area (Å²) < 4.78 is 23.4. The highest BCUT2D eigenvalue weighted by molar-refractivity contribution is 6.60. The van der Waals surface area contributed by atoms with Crippen molar-refractivity contribution in [3.8, 4) is 0 Å². The normalized spacial score (nSPS) is 22.8. The van der Waals surface area contributed by atoms with Gasteiger partial charge in [-0.3, -0.25) is 0 Å². The van der Waals surface area contributed by atoms with Crippen LogP contribution in [-0.4, -0.2) is 51.9 Å². The third-order valence-electron chi connectivity index (χ3n) is 5.08. The average molecular weight is 411 g/mol. The van der Waals surface area contributed by atoms with Gasteiger partial charge >= 0.3 is 14.8 Å². The van der Waals surface area contributed by atoms with Crippen molar-refractivity contribution in [1.82, 2.24) is 0 Å². The predicted octanol–water partition coefficient (Wildman–Crippen LogP) is 3.81. The molecule has 0 radical (unpaired) electrons. The van der Waals surface area contributed by atoms with Gasteiger partial charge in [-0.15, -0.1) is 0 Å². The molecule has 1 saturated carbocycles. The number of rotatable bonds is 11. The van der Waals surface area contributed by atoms with E-state index in [0.29, 0.717) is 44.1 Å². The number of hydrogen-bond donors (Lipinski definition) is 1. The summed E-state index contributed by atoms with van der Waals surface area (Å²) in [5, 5.41) is 10.3.